The number of hydrogen-bond acceptors (Lipinski definition) is 9. The highest BCUT2D eigenvalue weighted by Crippen LogP contribution is 2.30. The number of carbonyl (C=O) groups excluding carboxylic acids is 1. The lowest BCUT2D eigenvalue weighted by molar-refractivity contribution is 0.0966. The first kappa shape index (κ1) is 19.1. The number of likely N-dealkylation sites (N-methyl/N-ethyl adjacent to an activating group) is 1. The number of anilines is 3. The van der Waals surface area contributed by atoms with Crippen molar-refractivity contribution >= 4 is 39.0 Å². The molecule has 162 valence electrons. The molecule has 1 saturated heterocycles. The van der Waals surface area contributed by atoms with E-state index < -0.39 is 0 Å². The summed E-state index contributed by atoms with van der Waals surface area (Å²) in [6.45, 7) is 4.49. The van der Waals surface area contributed by atoms with Gasteiger partial charge in [-0.05, 0) is 24.7 Å². The predicted molar refractivity (Wildman–Crippen MR) is 122 cm³/mol. The van der Waals surface area contributed by atoms with Crippen molar-refractivity contribution in [2.45, 2.75) is 6.54 Å². The van der Waals surface area contributed by atoms with Crippen molar-refractivity contribution < 1.29 is 4.79 Å². The van der Waals surface area contributed by atoms with Crippen molar-refractivity contribution in [1.82, 2.24) is 34.8 Å². The molecule has 0 aliphatic carbocycles. The lowest BCUT2D eigenvalue weighted by Gasteiger charge is -2.31. The monoisotopic (exact) mass is 447 g/mol. The van der Waals surface area contributed by atoms with Crippen molar-refractivity contribution in [2.75, 3.05) is 43.4 Å². The van der Waals surface area contributed by atoms with E-state index in [1.165, 1.54) is 11.3 Å². The van der Waals surface area contributed by atoms with Crippen LogP contribution in [0.5, 0.6) is 0 Å². The van der Waals surface area contributed by atoms with E-state index in [-0.39, 0.29) is 5.91 Å². The smallest absolute Gasteiger partial charge is 0.251 e. The average molecular weight is 448 g/mol. The number of amides is 1. The molecule has 2 aliphatic rings. The fourth-order valence-corrected chi connectivity index (χ4v) is 4.90. The van der Waals surface area contributed by atoms with E-state index in [1.807, 2.05) is 35.0 Å². The van der Waals surface area contributed by atoms with Gasteiger partial charge in [0.15, 0.2) is 11.5 Å². The fourth-order valence-electron chi connectivity index (χ4n) is 4.10. The van der Waals surface area contributed by atoms with Crippen LogP contribution in [0.25, 0.3) is 16.9 Å². The molecular formula is C21H21N9OS. The van der Waals surface area contributed by atoms with Crippen LogP contribution in [0, 0.1) is 0 Å². The maximum atomic E-state index is 11.9. The van der Waals surface area contributed by atoms with Crippen molar-refractivity contribution in [3.63, 3.8) is 0 Å². The summed E-state index contributed by atoms with van der Waals surface area (Å²) in [7, 11) is 2.13. The summed E-state index contributed by atoms with van der Waals surface area (Å²) in [5.74, 6) is 0.600. The van der Waals surface area contributed by atoms with Gasteiger partial charge in [-0.3, -0.25) is 9.20 Å². The molecule has 4 aromatic rings. The van der Waals surface area contributed by atoms with E-state index >= 15 is 0 Å². The quantitative estimate of drug-likeness (QED) is 0.490. The molecule has 3 aromatic heterocycles. The van der Waals surface area contributed by atoms with E-state index in [4.69, 9.17) is 0 Å². The van der Waals surface area contributed by atoms with Crippen LogP contribution in [0.1, 0.15) is 15.9 Å². The zero-order chi connectivity index (χ0) is 21.7. The summed E-state index contributed by atoms with van der Waals surface area (Å²) < 4.78 is 1.99. The predicted octanol–water partition coefficient (Wildman–Crippen LogP) is 1.99. The van der Waals surface area contributed by atoms with Crippen LogP contribution in [0.3, 0.4) is 0 Å². The van der Waals surface area contributed by atoms with Crippen LogP contribution >= 0.6 is 11.3 Å². The highest BCUT2D eigenvalue weighted by molar-refractivity contribution is 7.19. The molecule has 11 heteroatoms. The summed E-state index contributed by atoms with van der Waals surface area (Å²) in [6.07, 6.45) is 5.47. The van der Waals surface area contributed by atoms with Crippen LogP contribution in [0.2, 0.25) is 0 Å². The Morgan fingerprint density at radius 3 is 2.88 bits per heavy atom. The molecule has 0 radical (unpaired) electrons. The van der Waals surface area contributed by atoms with Gasteiger partial charge in [-0.15, -0.1) is 10.2 Å². The fraction of sp³-hybridized carbons (Fsp3) is 0.286. The highest BCUT2D eigenvalue weighted by atomic mass is 32.1. The second-order valence-electron chi connectivity index (χ2n) is 7.97. The average Bonchev–Trinajstić information content (AvgIpc) is 3.55. The Kier molecular flexibility index (Phi) is 4.51. The molecule has 2 aliphatic heterocycles. The second-order valence-corrected chi connectivity index (χ2v) is 8.93. The maximum absolute atomic E-state index is 11.9. The van der Waals surface area contributed by atoms with Crippen LogP contribution < -0.4 is 15.5 Å². The lowest BCUT2D eigenvalue weighted by Crippen LogP contribution is -2.44. The molecule has 6 rings (SSSR count). The Morgan fingerprint density at radius 2 is 2.00 bits per heavy atom. The third-order valence-corrected chi connectivity index (χ3v) is 6.83. The van der Waals surface area contributed by atoms with Gasteiger partial charge in [0, 0.05) is 56.2 Å². The van der Waals surface area contributed by atoms with Crippen molar-refractivity contribution in [1.29, 1.82) is 0 Å². The van der Waals surface area contributed by atoms with Crippen LogP contribution in [0.4, 0.5) is 16.1 Å². The molecule has 2 N–H and O–H groups in total. The molecule has 0 atom stereocenters. The first-order chi connectivity index (χ1) is 15.7. The molecule has 1 amide bonds. The standard InChI is InChI=1S/C21H21N9OS/c1-28-6-8-29(9-7-28)21-27-26-20(32-21)25-17-18-22-4-5-30(18)16(12-23-17)13-2-3-15-14(10-13)11-24-19(15)31/h2-5,10,12H,6-9,11H2,1H3,(H,24,31)(H,23,25,26). The topological polar surface area (TPSA) is 104 Å². The molecule has 0 spiro atoms. The molecule has 0 saturated carbocycles. The largest absolute Gasteiger partial charge is 0.348 e. The lowest BCUT2D eigenvalue weighted by atomic mass is 10.0. The third-order valence-electron chi connectivity index (χ3n) is 5.93. The van der Waals surface area contributed by atoms with Crippen molar-refractivity contribution in [2.24, 2.45) is 0 Å². The van der Waals surface area contributed by atoms with Gasteiger partial charge in [0.05, 0.1) is 11.9 Å². The molecule has 0 bridgehead atoms. The number of imidazole rings is 1. The molecule has 5 heterocycles. The number of rotatable bonds is 4. The number of fused-ring (bicyclic) bond motifs is 2. The Hall–Kier alpha value is -3.57. The Balaban J connectivity index is 1.29. The number of hydrogen-bond donors (Lipinski definition) is 2. The molecule has 1 fully saturated rings. The number of nitrogens with one attached hydrogen (secondary N) is 2. The van der Waals surface area contributed by atoms with E-state index in [2.05, 4.69) is 47.6 Å². The van der Waals surface area contributed by atoms with E-state index in [1.54, 1.807) is 6.20 Å². The number of aromatic nitrogens is 5. The van der Waals surface area contributed by atoms with Crippen LogP contribution in [-0.2, 0) is 6.54 Å². The molecule has 1 aromatic carbocycles. The summed E-state index contributed by atoms with van der Waals surface area (Å²) in [4.78, 5) is 25.6. The Morgan fingerprint density at radius 1 is 1.12 bits per heavy atom. The zero-order valence-corrected chi connectivity index (χ0v) is 18.3. The first-order valence-electron chi connectivity index (χ1n) is 10.4. The van der Waals surface area contributed by atoms with E-state index in [9.17, 15) is 4.79 Å². The highest BCUT2D eigenvalue weighted by Gasteiger charge is 2.21. The minimum absolute atomic E-state index is 0.0231. The Bertz CT molecular complexity index is 1320. The number of nitrogens with zero attached hydrogens (tertiary/aromatic N) is 7. The van der Waals surface area contributed by atoms with Gasteiger partial charge in [-0.1, -0.05) is 17.4 Å². The number of carbonyl (C=O) groups is 1. The molecule has 0 unspecified atom stereocenters. The zero-order valence-electron chi connectivity index (χ0n) is 17.4. The van der Waals surface area contributed by atoms with Crippen LogP contribution in [-0.4, -0.2) is 68.6 Å². The van der Waals surface area contributed by atoms with Gasteiger partial charge >= 0.3 is 0 Å². The summed E-state index contributed by atoms with van der Waals surface area (Å²) in [5, 5.41) is 16.4. The van der Waals surface area contributed by atoms with Gasteiger partial charge < -0.3 is 20.4 Å². The van der Waals surface area contributed by atoms with E-state index in [0.29, 0.717) is 23.1 Å². The third kappa shape index (κ3) is 3.26. The summed E-state index contributed by atoms with van der Waals surface area (Å²) in [5.41, 5.74) is 4.31. The van der Waals surface area contributed by atoms with Crippen molar-refractivity contribution in [3.8, 4) is 11.3 Å². The van der Waals surface area contributed by atoms with Gasteiger partial charge in [0.2, 0.25) is 10.3 Å². The minimum Gasteiger partial charge on any atom is -0.348 e. The number of benzene rings is 1. The van der Waals surface area contributed by atoms with Crippen LogP contribution in [0.15, 0.2) is 36.8 Å². The number of piperazine rings is 1. The van der Waals surface area contributed by atoms with Crippen molar-refractivity contribution in [3.05, 3.63) is 47.9 Å². The minimum atomic E-state index is -0.0231. The molecule has 10 nitrogen and oxygen atoms in total. The summed E-state index contributed by atoms with van der Waals surface area (Å²) in [6, 6.07) is 5.84. The van der Waals surface area contributed by atoms with E-state index in [0.717, 1.165) is 53.7 Å². The first-order valence-corrected chi connectivity index (χ1v) is 11.2. The molecule has 32 heavy (non-hydrogen) atoms. The SMILES string of the molecule is CN1CCN(c2nnc(Nc3ncc(-c4ccc5c(c4)CNC5=O)n4ccnc34)s2)CC1. The van der Waals surface area contributed by atoms with Gasteiger partial charge in [0.25, 0.3) is 5.91 Å². The second kappa shape index (κ2) is 7.53. The Labute approximate surface area is 187 Å². The molecular weight excluding hydrogens is 426 g/mol. The maximum Gasteiger partial charge on any atom is 0.251 e. The van der Waals surface area contributed by atoms with Gasteiger partial charge in [-0.25, -0.2) is 9.97 Å². The van der Waals surface area contributed by atoms with Gasteiger partial charge in [-0.2, -0.15) is 0 Å². The normalized spacial score (nSPS) is 16.4. The van der Waals surface area contributed by atoms with Gasteiger partial charge in [0.1, 0.15) is 0 Å². The summed E-state index contributed by atoms with van der Waals surface area (Å²) >= 11 is 1.52.